The van der Waals surface area contributed by atoms with E-state index in [1.807, 2.05) is 32.1 Å². The molecule has 0 saturated carbocycles. The van der Waals surface area contributed by atoms with Gasteiger partial charge in [-0.2, -0.15) is 5.10 Å². The van der Waals surface area contributed by atoms with E-state index in [0.29, 0.717) is 24.5 Å². The summed E-state index contributed by atoms with van der Waals surface area (Å²) in [5, 5.41) is 17.6. The lowest BCUT2D eigenvalue weighted by molar-refractivity contribution is -0.123. The van der Waals surface area contributed by atoms with Gasteiger partial charge in [0.05, 0.1) is 24.1 Å². The lowest BCUT2D eigenvalue weighted by Gasteiger charge is -2.29. The lowest BCUT2D eigenvalue weighted by Crippen LogP contribution is -2.45. The van der Waals surface area contributed by atoms with Gasteiger partial charge in [-0.3, -0.25) is 9.48 Å². The molecule has 1 unspecified atom stereocenters. The molecule has 0 aromatic carbocycles. The Labute approximate surface area is 180 Å². The number of allylic oxidation sites excluding steroid dienone is 1. The molecule has 1 fully saturated rings. The van der Waals surface area contributed by atoms with Gasteiger partial charge in [0, 0.05) is 30.8 Å². The van der Waals surface area contributed by atoms with Crippen molar-refractivity contribution in [2.45, 2.75) is 46.2 Å². The monoisotopic (exact) mass is 425 g/mol. The molecule has 2 aromatic heterocycles. The molecule has 0 spiro atoms. The average Bonchev–Trinajstić information content (AvgIpc) is 3.38. The molecule has 9 nitrogen and oxygen atoms in total. The number of aryl methyl sites for hydroxylation is 2. The predicted octanol–water partition coefficient (Wildman–Crippen LogP) is 2.58. The third-order valence-corrected chi connectivity index (χ3v) is 6.04. The van der Waals surface area contributed by atoms with Crippen LogP contribution in [0.3, 0.4) is 0 Å². The van der Waals surface area contributed by atoms with Crippen molar-refractivity contribution in [3.05, 3.63) is 53.2 Å². The minimum Gasteiger partial charge on any atom is -0.396 e. The normalized spacial score (nSPS) is 20.7. The first-order valence-electron chi connectivity index (χ1n) is 10.3. The minimum atomic E-state index is -0.983. The summed E-state index contributed by atoms with van der Waals surface area (Å²) in [7, 11) is 0. The van der Waals surface area contributed by atoms with Crippen LogP contribution in [0.4, 0.5) is 10.5 Å². The van der Waals surface area contributed by atoms with Gasteiger partial charge >= 0.3 is 6.03 Å². The molecule has 1 aliphatic carbocycles. The van der Waals surface area contributed by atoms with E-state index in [0.717, 1.165) is 23.3 Å². The number of hydrogen-bond acceptors (Lipinski definition) is 6. The highest BCUT2D eigenvalue weighted by Crippen LogP contribution is 2.33. The van der Waals surface area contributed by atoms with Gasteiger partial charge in [0.1, 0.15) is 11.3 Å². The number of amides is 3. The third kappa shape index (κ3) is 3.69. The van der Waals surface area contributed by atoms with E-state index in [-0.39, 0.29) is 24.5 Å². The van der Waals surface area contributed by atoms with Crippen molar-refractivity contribution in [2.24, 2.45) is 5.92 Å². The van der Waals surface area contributed by atoms with Gasteiger partial charge in [-0.15, -0.1) is 0 Å². The Morgan fingerprint density at radius 3 is 2.65 bits per heavy atom. The quantitative estimate of drug-likeness (QED) is 0.714. The molecule has 1 aliphatic heterocycles. The predicted molar refractivity (Wildman–Crippen MR) is 113 cm³/mol. The number of imide groups is 1. The molecule has 9 heteroatoms. The van der Waals surface area contributed by atoms with E-state index in [2.05, 4.69) is 10.3 Å². The van der Waals surface area contributed by atoms with Gasteiger partial charge in [0.15, 0.2) is 0 Å². The zero-order valence-electron chi connectivity index (χ0n) is 18.2. The fourth-order valence-corrected chi connectivity index (χ4v) is 3.92. The Morgan fingerprint density at radius 1 is 1.26 bits per heavy atom. The van der Waals surface area contributed by atoms with E-state index in [4.69, 9.17) is 4.52 Å². The minimum absolute atomic E-state index is 0.0958. The Morgan fingerprint density at radius 2 is 2.03 bits per heavy atom. The second-order valence-corrected chi connectivity index (χ2v) is 8.58. The van der Waals surface area contributed by atoms with Crippen molar-refractivity contribution in [3.8, 4) is 0 Å². The number of rotatable bonds is 6. The van der Waals surface area contributed by atoms with Gasteiger partial charge in [0.2, 0.25) is 0 Å². The summed E-state index contributed by atoms with van der Waals surface area (Å²) in [4.78, 5) is 29.2. The van der Waals surface area contributed by atoms with Crippen LogP contribution in [0.5, 0.6) is 0 Å². The molecule has 3 amide bonds. The number of aromatic nitrogens is 3. The van der Waals surface area contributed by atoms with E-state index < -0.39 is 5.54 Å². The molecular weight excluding hydrogens is 398 g/mol. The van der Waals surface area contributed by atoms with E-state index in [1.54, 1.807) is 29.6 Å². The van der Waals surface area contributed by atoms with Crippen molar-refractivity contribution >= 4 is 17.6 Å². The lowest BCUT2D eigenvalue weighted by atomic mass is 9.96. The Bertz CT molecular complexity index is 1060. The fraction of sp³-hybridized carbons (Fsp3) is 0.455. The molecule has 0 radical (unpaired) electrons. The second kappa shape index (κ2) is 7.81. The fourth-order valence-electron chi connectivity index (χ4n) is 3.92. The summed E-state index contributed by atoms with van der Waals surface area (Å²) >= 11 is 0. The maximum atomic E-state index is 13.2. The van der Waals surface area contributed by atoms with Gasteiger partial charge in [0.25, 0.3) is 5.91 Å². The highest BCUT2D eigenvalue weighted by atomic mass is 16.5. The smallest absolute Gasteiger partial charge is 0.332 e. The summed E-state index contributed by atoms with van der Waals surface area (Å²) in [5.74, 6) is 0.531. The van der Waals surface area contributed by atoms with Crippen LogP contribution in [0, 0.1) is 19.8 Å². The zero-order chi connectivity index (χ0) is 22.3. The van der Waals surface area contributed by atoms with Crippen LogP contribution in [-0.4, -0.2) is 55.6 Å². The molecule has 31 heavy (non-hydrogen) atoms. The Kier molecular flexibility index (Phi) is 5.30. The number of carbonyl (C=O) groups is 2. The molecule has 3 heterocycles. The second-order valence-electron chi connectivity index (χ2n) is 8.58. The van der Waals surface area contributed by atoms with Crippen molar-refractivity contribution in [1.29, 1.82) is 0 Å². The van der Waals surface area contributed by atoms with E-state index in [1.165, 1.54) is 11.1 Å². The molecule has 1 saturated heterocycles. The zero-order valence-corrected chi connectivity index (χ0v) is 18.2. The summed E-state index contributed by atoms with van der Waals surface area (Å²) in [6.45, 7) is 8.07. The van der Waals surface area contributed by atoms with Crippen molar-refractivity contribution in [1.82, 2.24) is 19.8 Å². The van der Waals surface area contributed by atoms with Crippen LogP contribution < -0.4 is 4.90 Å². The van der Waals surface area contributed by atoms with Gasteiger partial charge in [-0.25, -0.2) is 9.69 Å². The topological polar surface area (TPSA) is 105 Å². The molecular formula is C22H27N5O4. The van der Waals surface area contributed by atoms with Crippen LogP contribution >= 0.6 is 0 Å². The van der Waals surface area contributed by atoms with Crippen LogP contribution in [0.2, 0.25) is 0 Å². The molecule has 2 aliphatic rings. The highest BCUT2D eigenvalue weighted by Gasteiger charge is 2.52. The summed E-state index contributed by atoms with van der Waals surface area (Å²) in [6.07, 6.45) is 9.81. The summed E-state index contributed by atoms with van der Waals surface area (Å²) in [5.41, 5.74) is 2.12. The van der Waals surface area contributed by atoms with E-state index >= 15 is 0 Å². The molecule has 1 N–H and O–H groups in total. The number of anilines is 1. The van der Waals surface area contributed by atoms with Gasteiger partial charge < -0.3 is 14.5 Å². The first-order chi connectivity index (χ1) is 14.7. The largest absolute Gasteiger partial charge is 0.396 e. The number of urea groups is 1. The molecule has 0 bridgehead atoms. The number of hydrogen-bond donors (Lipinski definition) is 1. The van der Waals surface area contributed by atoms with Crippen molar-refractivity contribution < 1.29 is 19.2 Å². The number of carbonyl (C=O) groups excluding carboxylic acids is 2. The maximum absolute atomic E-state index is 13.2. The first-order valence-corrected chi connectivity index (χ1v) is 10.3. The summed E-state index contributed by atoms with van der Waals surface area (Å²) in [6, 6.07) is -0.370. The Balaban J connectivity index is 1.54. The SMILES string of the molecule is Cc1noc(C)c1Cn1cc(N2C(=O)N(CC3=CCC(CO)C=C3)C(C)(C)C2=O)cn1. The molecule has 4 rings (SSSR count). The average molecular weight is 425 g/mol. The standard InChI is InChI=1S/C22H27N5O4/c1-14-19(15(2)31-24-14)12-25-11-18(9-23-25)27-20(29)22(3,4)26(21(27)30)10-16-5-7-17(13-28)8-6-16/h5-7,9,11,17,28H,8,10,12-13H2,1-4H3. The molecule has 1 atom stereocenters. The number of aliphatic hydroxyl groups excluding tert-OH is 1. The number of aliphatic hydroxyl groups is 1. The van der Waals surface area contributed by atoms with Crippen molar-refractivity contribution in [2.75, 3.05) is 18.1 Å². The maximum Gasteiger partial charge on any atom is 0.332 e. The third-order valence-electron chi connectivity index (χ3n) is 6.04. The highest BCUT2D eigenvalue weighted by molar-refractivity contribution is 6.22. The number of nitrogens with zero attached hydrogens (tertiary/aromatic N) is 5. The molecule has 2 aromatic rings. The van der Waals surface area contributed by atoms with Crippen LogP contribution in [0.1, 0.15) is 37.3 Å². The summed E-state index contributed by atoms with van der Waals surface area (Å²) < 4.78 is 6.86. The molecule has 164 valence electrons. The van der Waals surface area contributed by atoms with Crippen LogP contribution in [0.15, 0.2) is 40.7 Å². The van der Waals surface area contributed by atoms with Gasteiger partial charge in [-0.1, -0.05) is 23.4 Å². The van der Waals surface area contributed by atoms with Crippen LogP contribution in [-0.2, 0) is 11.3 Å². The van der Waals surface area contributed by atoms with Crippen molar-refractivity contribution in [3.63, 3.8) is 0 Å². The van der Waals surface area contributed by atoms with E-state index in [9.17, 15) is 14.7 Å². The van der Waals surface area contributed by atoms with Gasteiger partial charge in [-0.05, 0) is 39.7 Å². The first kappa shape index (κ1) is 21.0. The Hall–Kier alpha value is -3.20. The van der Waals surface area contributed by atoms with Crippen LogP contribution in [0.25, 0.3) is 0 Å².